The van der Waals surface area contributed by atoms with Gasteiger partial charge in [-0.05, 0) is 70.5 Å². The van der Waals surface area contributed by atoms with E-state index in [4.69, 9.17) is 4.74 Å². The van der Waals surface area contributed by atoms with Crippen LogP contribution in [0.15, 0.2) is 0 Å². The van der Waals surface area contributed by atoms with Crippen LogP contribution in [-0.2, 0) is 4.74 Å². The average Bonchev–Trinajstić information content (AvgIpc) is 2.84. The number of rotatable bonds is 8. The van der Waals surface area contributed by atoms with Gasteiger partial charge >= 0.3 is 0 Å². The van der Waals surface area contributed by atoms with E-state index in [1.54, 1.807) is 0 Å². The molecule has 0 unspecified atom stereocenters. The van der Waals surface area contributed by atoms with E-state index in [1.165, 1.54) is 12.2 Å². The third-order valence-electron chi connectivity index (χ3n) is 4.85. The Morgan fingerprint density at radius 3 is 1.03 bits per heavy atom. The molecule has 35 heavy (non-hydrogen) atoms. The summed E-state index contributed by atoms with van der Waals surface area (Å²) in [6, 6.07) is 0.699. The first-order valence-corrected chi connectivity index (χ1v) is 16.2. The third-order valence-corrected chi connectivity index (χ3v) is 5.85. The van der Waals surface area contributed by atoms with Crippen LogP contribution in [0.5, 0.6) is 0 Å². The molecule has 0 spiro atoms. The van der Waals surface area contributed by atoms with Gasteiger partial charge in [-0.3, -0.25) is 0 Å². The number of hydrogen-bond donors (Lipinski definition) is 0. The van der Waals surface area contributed by atoms with Gasteiger partial charge < -0.3 is 9.64 Å². The molecule has 0 aromatic rings. The summed E-state index contributed by atoms with van der Waals surface area (Å²) in [7, 11) is 2.13. The molecule has 0 amide bonds. The zero-order valence-corrected chi connectivity index (χ0v) is 30.7. The van der Waals surface area contributed by atoms with Gasteiger partial charge in [-0.2, -0.15) is 11.8 Å². The SMILES string of the molecule is CC.CC.CC.CC.CCC(C)(C)C(C)C.CCN(C)C(C)C.CCOC(C)C.CCSC(C)C. The van der Waals surface area contributed by atoms with Gasteiger partial charge in [0.05, 0.1) is 6.10 Å². The molecule has 0 aromatic heterocycles. The van der Waals surface area contributed by atoms with Gasteiger partial charge in [-0.1, -0.05) is 124 Å². The maximum atomic E-state index is 5.04. The highest BCUT2D eigenvalue weighted by molar-refractivity contribution is 7.99. The molecule has 0 aliphatic heterocycles. The highest BCUT2D eigenvalue weighted by atomic mass is 32.2. The molecule has 0 aliphatic carbocycles. The molecule has 0 aliphatic rings. The lowest BCUT2D eigenvalue weighted by Gasteiger charge is -2.27. The van der Waals surface area contributed by atoms with Crippen LogP contribution in [0.3, 0.4) is 0 Å². The highest BCUT2D eigenvalue weighted by Crippen LogP contribution is 2.28. The van der Waals surface area contributed by atoms with Crippen molar-refractivity contribution >= 4 is 11.8 Å². The molecule has 0 aromatic carbocycles. The van der Waals surface area contributed by atoms with Gasteiger partial charge in [0.1, 0.15) is 0 Å². The second-order valence-corrected chi connectivity index (χ2v) is 10.5. The van der Waals surface area contributed by atoms with E-state index in [2.05, 4.69) is 88.1 Å². The van der Waals surface area contributed by atoms with Gasteiger partial charge in [0, 0.05) is 12.6 Å². The van der Waals surface area contributed by atoms with Crippen molar-refractivity contribution < 1.29 is 4.74 Å². The Morgan fingerprint density at radius 2 is 1.03 bits per heavy atom. The van der Waals surface area contributed by atoms with Crippen molar-refractivity contribution in [3.05, 3.63) is 0 Å². The van der Waals surface area contributed by atoms with E-state index < -0.39 is 0 Å². The van der Waals surface area contributed by atoms with E-state index >= 15 is 0 Å². The molecule has 0 saturated carbocycles. The molecule has 0 fully saturated rings. The van der Waals surface area contributed by atoms with Crippen LogP contribution in [0.1, 0.15) is 159 Å². The Balaban J connectivity index is -0.0000000423. The first-order valence-electron chi connectivity index (χ1n) is 15.2. The summed E-state index contributed by atoms with van der Waals surface area (Å²) in [5.74, 6) is 2.06. The molecular formula is C32H81NOS. The van der Waals surface area contributed by atoms with E-state index in [0.29, 0.717) is 17.6 Å². The van der Waals surface area contributed by atoms with Crippen LogP contribution >= 0.6 is 11.8 Å². The lowest BCUT2D eigenvalue weighted by molar-refractivity contribution is 0.0899. The zero-order chi connectivity index (χ0) is 30.6. The van der Waals surface area contributed by atoms with Crippen molar-refractivity contribution in [1.29, 1.82) is 0 Å². The molecule has 0 saturated heterocycles. The van der Waals surface area contributed by atoms with Gasteiger partial charge in [0.25, 0.3) is 0 Å². The topological polar surface area (TPSA) is 12.5 Å². The highest BCUT2D eigenvalue weighted by Gasteiger charge is 2.18. The lowest BCUT2D eigenvalue weighted by Crippen LogP contribution is -2.25. The van der Waals surface area contributed by atoms with Crippen LogP contribution in [0.4, 0.5) is 0 Å². The summed E-state index contributed by atoms with van der Waals surface area (Å²) < 4.78 is 5.04. The predicted octanol–water partition coefficient (Wildman–Crippen LogP) is 12.1. The molecule has 0 bridgehead atoms. The average molecular weight is 528 g/mol. The first-order chi connectivity index (χ1) is 16.2. The molecule has 3 heteroatoms. The number of hydrogen-bond acceptors (Lipinski definition) is 3. The van der Waals surface area contributed by atoms with Crippen LogP contribution in [0.25, 0.3) is 0 Å². The summed E-state index contributed by atoms with van der Waals surface area (Å²) in [6.07, 6.45) is 1.68. The summed E-state index contributed by atoms with van der Waals surface area (Å²) in [5.41, 5.74) is 0.542. The minimum Gasteiger partial charge on any atom is -0.379 e. The molecule has 0 atom stereocenters. The van der Waals surface area contributed by atoms with Crippen molar-refractivity contribution in [2.75, 3.05) is 26.0 Å². The third kappa shape index (κ3) is 78.9. The number of nitrogens with zero attached hydrogens (tertiary/aromatic N) is 1. The van der Waals surface area contributed by atoms with Crippen LogP contribution in [0.2, 0.25) is 0 Å². The van der Waals surface area contributed by atoms with Crippen molar-refractivity contribution in [3.8, 4) is 0 Å². The summed E-state index contributed by atoms with van der Waals surface area (Å²) in [5, 5.41) is 0.815. The Labute approximate surface area is 234 Å². The summed E-state index contributed by atoms with van der Waals surface area (Å²) in [4.78, 5) is 2.29. The second kappa shape index (κ2) is 51.0. The summed E-state index contributed by atoms with van der Waals surface area (Å²) >= 11 is 1.99. The van der Waals surface area contributed by atoms with Crippen molar-refractivity contribution in [1.82, 2.24) is 4.90 Å². The number of ether oxygens (including phenoxy) is 1. The van der Waals surface area contributed by atoms with E-state index in [0.717, 1.165) is 24.3 Å². The quantitative estimate of drug-likeness (QED) is 0.311. The molecular weight excluding hydrogens is 446 g/mol. The Kier molecular flexibility index (Phi) is 81.2. The van der Waals surface area contributed by atoms with Gasteiger partial charge in [-0.25, -0.2) is 0 Å². The van der Waals surface area contributed by atoms with Crippen LogP contribution in [0, 0.1) is 11.3 Å². The van der Waals surface area contributed by atoms with E-state index in [-0.39, 0.29) is 0 Å². The fourth-order valence-electron chi connectivity index (χ4n) is 1.44. The largest absolute Gasteiger partial charge is 0.379 e. The maximum Gasteiger partial charge on any atom is 0.0518 e. The number of thioether (sulfide) groups is 1. The van der Waals surface area contributed by atoms with E-state index in [1.807, 2.05) is 87.9 Å². The first kappa shape index (κ1) is 55.7. The van der Waals surface area contributed by atoms with Crippen LogP contribution in [-0.4, -0.2) is 48.2 Å². The fourth-order valence-corrected chi connectivity index (χ4v) is 2.11. The van der Waals surface area contributed by atoms with Gasteiger partial charge in [0.2, 0.25) is 0 Å². The van der Waals surface area contributed by atoms with Crippen LogP contribution < -0.4 is 0 Å². The van der Waals surface area contributed by atoms with Gasteiger partial charge in [0.15, 0.2) is 0 Å². The molecule has 0 heterocycles. The normalized spacial score (nSPS) is 9.26. The minimum atomic E-state index is 0.398. The molecule has 0 radical (unpaired) electrons. The minimum absolute atomic E-state index is 0.398. The van der Waals surface area contributed by atoms with E-state index in [9.17, 15) is 0 Å². The Morgan fingerprint density at radius 1 is 0.686 bits per heavy atom. The smallest absolute Gasteiger partial charge is 0.0518 e. The standard InChI is InChI=1S/C8H18.C6H15N.C5H12O.C5H12S.4C2H6/c1-6-8(4,5)7(2)3;1-5-7(4)6(2)3;2*1-4-6-5(2)3;4*1-2/h7H,6H2,1-5H3;6H,5H2,1-4H3;2*5H,4H2,1-3H3;4*1-2H3. The Bertz CT molecular complexity index is 254. The second-order valence-electron chi connectivity index (χ2n) is 8.67. The summed E-state index contributed by atoms with van der Waals surface area (Å²) in [6.45, 7) is 48.7. The zero-order valence-electron chi connectivity index (χ0n) is 29.9. The fraction of sp³-hybridized carbons (Fsp3) is 1.00. The monoisotopic (exact) mass is 528 g/mol. The maximum absolute atomic E-state index is 5.04. The van der Waals surface area contributed by atoms with Crippen molar-refractivity contribution in [2.45, 2.75) is 176 Å². The molecule has 0 rings (SSSR count). The molecule has 226 valence electrons. The molecule has 2 nitrogen and oxygen atoms in total. The van der Waals surface area contributed by atoms with Gasteiger partial charge in [-0.15, -0.1) is 0 Å². The lowest BCUT2D eigenvalue weighted by atomic mass is 9.79. The van der Waals surface area contributed by atoms with Crippen molar-refractivity contribution in [3.63, 3.8) is 0 Å². The predicted molar refractivity (Wildman–Crippen MR) is 178 cm³/mol. The van der Waals surface area contributed by atoms with Crippen molar-refractivity contribution in [2.24, 2.45) is 11.3 Å². The Hall–Kier alpha value is 0.270. The molecule has 0 N–H and O–H groups in total.